The smallest absolute Gasteiger partial charge is 0.249 e. The van der Waals surface area contributed by atoms with Gasteiger partial charge in [0.1, 0.15) is 11.9 Å². The molecule has 0 aromatic carbocycles. The molecule has 6 heteroatoms. The van der Waals surface area contributed by atoms with E-state index in [9.17, 15) is 4.79 Å². The Hall–Kier alpha value is -2.47. The van der Waals surface area contributed by atoms with Crippen LogP contribution in [0.3, 0.4) is 0 Å². The van der Waals surface area contributed by atoms with Gasteiger partial charge in [0.05, 0.1) is 0 Å². The standard InChI is InChI=1S/C19H24N4O2/c1-23(12-9-16-7-2-3-10-20-16)18-15(6-4-11-21-18)14-22-19(24)17-8-5-13-25-17/h2-4,6-7,10-11,17H,5,8-9,12-14H2,1H3,(H,22,24). The molecule has 2 aromatic heterocycles. The van der Waals surface area contributed by atoms with E-state index in [2.05, 4.69) is 20.2 Å². The fourth-order valence-electron chi connectivity index (χ4n) is 2.93. The summed E-state index contributed by atoms with van der Waals surface area (Å²) >= 11 is 0. The lowest BCUT2D eigenvalue weighted by Gasteiger charge is -2.21. The molecule has 2 aromatic rings. The first-order valence-corrected chi connectivity index (χ1v) is 8.68. The first-order chi connectivity index (χ1) is 12.2. The fraction of sp³-hybridized carbons (Fsp3) is 0.421. The maximum Gasteiger partial charge on any atom is 0.249 e. The van der Waals surface area contributed by atoms with Gasteiger partial charge in [-0.05, 0) is 31.0 Å². The van der Waals surface area contributed by atoms with Crippen LogP contribution in [0.25, 0.3) is 0 Å². The van der Waals surface area contributed by atoms with Crippen LogP contribution in [0.2, 0.25) is 0 Å². The van der Waals surface area contributed by atoms with Gasteiger partial charge in [0.25, 0.3) is 0 Å². The Morgan fingerprint density at radius 3 is 2.92 bits per heavy atom. The second-order valence-electron chi connectivity index (χ2n) is 6.20. The third kappa shape index (κ3) is 4.76. The second kappa shape index (κ2) is 8.58. The number of nitrogens with zero attached hydrogens (tertiary/aromatic N) is 3. The molecule has 0 spiro atoms. The van der Waals surface area contributed by atoms with Crippen LogP contribution in [0.5, 0.6) is 0 Å². The Morgan fingerprint density at radius 2 is 2.16 bits per heavy atom. The molecule has 1 atom stereocenters. The van der Waals surface area contributed by atoms with Crippen molar-refractivity contribution in [1.29, 1.82) is 0 Å². The highest BCUT2D eigenvalue weighted by Crippen LogP contribution is 2.17. The minimum absolute atomic E-state index is 0.0385. The summed E-state index contributed by atoms with van der Waals surface area (Å²) in [7, 11) is 2.01. The average Bonchev–Trinajstić information content (AvgIpc) is 3.20. The highest BCUT2D eigenvalue weighted by atomic mass is 16.5. The molecule has 132 valence electrons. The van der Waals surface area contributed by atoms with Crippen molar-refractivity contribution in [3.8, 4) is 0 Å². The average molecular weight is 340 g/mol. The molecule has 0 saturated carbocycles. The van der Waals surface area contributed by atoms with Gasteiger partial charge in [0, 0.05) is 56.8 Å². The van der Waals surface area contributed by atoms with Gasteiger partial charge in [-0.25, -0.2) is 4.98 Å². The van der Waals surface area contributed by atoms with Crippen molar-refractivity contribution in [3.63, 3.8) is 0 Å². The molecule has 1 amide bonds. The maximum atomic E-state index is 12.1. The van der Waals surface area contributed by atoms with Gasteiger partial charge < -0.3 is 15.0 Å². The van der Waals surface area contributed by atoms with Crippen LogP contribution in [0, 0.1) is 0 Å². The number of hydrogen-bond acceptors (Lipinski definition) is 5. The molecule has 1 N–H and O–H groups in total. The predicted octanol–water partition coefficient (Wildman–Crippen LogP) is 1.95. The van der Waals surface area contributed by atoms with E-state index in [-0.39, 0.29) is 12.0 Å². The zero-order valence-corrected chi connectivity index (χ0v) is 14.5. The third-order valence-corrected chi connectivity index (χ3v) is 4.33. The SMILES string of the molecule is CN(CCc1ccccn1)c1ncccc1CNC(=O)C1CCCO1. The molecule has 1 aliphatic heterocycles. The predicted molar refractivity (Wildman–Crippen MR) is 96.3 cm³/mol. The molecule has 3 heterocycles. The van der Waals surface area contributed by atoms with Crippen molar-refractivity contribution in [2.24, 2.45) is 0 Å². The van der Waals surface area contributed by atoms with Crippen LogP contribution in [0.1, 0.15) is 24.1 Å². The number of hydrogen-bond donors (Lipinski definition) is 1. The van der Waals surface area contributed by atoms with E-state index in [1.807, 2.05) is 43.6 Å². The minimum atomic E-state index is -0.304. The number of anilines is 1. The second-order valence-corrected chi connectivity index (χ2v) is 6.20. The van der Waals surface area contributed by atoms with Gasteiger partial charge in [-0.15, -0.1) is 0 Å². The number of likely N-dealkylation sites (N-methyl/N-ethyl adjacent to an activating group) is 1. The number of nitrogens with one attached hydrogen (secondary N) is 1. The van der Waals surface area contributed by atoms with Gasteiger partial charge in [-0.2, -0.15) is 0 Å². The van der Waals surface area contributed by atoms with E-state index in [0.29, 0.717) is 13.2 Å². The highest BCUT2D eigenvalue weighted by Gasteiger charge is 2.23. The molecular weight excluding hydrogens is 316 g/mol. The summed E-state index contributed by atoms with van der Waals surface area (Å²) in [4.78, 5) is 23.1. The van der Waals surface area contributed by atoms with E-state index >= 15 is 0 Å². The minimum Gasteiger partial charge on any atom is -0.368 e. The number of carbonyl (C=O) groups excluding carboxylic acids is 1. The van der Waals surface area contributed by atoms with Crippen molar-refractivity contribution < 1.29 is 9.53 Å². The Bertz CT molecular complexity index is 687. The summed E-state index contributed by atoms with van der Waals surface area (Å²) < 4.78 is 5.42. The Balaban J connectivity index is 1.58. The number of carbonyl (C=O) groups is 1. The first-order valence-electron chi connectivity index (χ1n) is 8.68. The maximum absolute atomic E-state index is 12.1. The highest BCUT2D eigenvalue weighted by molar-refractivity contribution is 5.81. The van der Waals surface area contributed by atoms with Crippen LogP contribution in [-0.2, 0) is 22.5 Å². The van der Waals surface area contributed by atoms with Crippen molar-refractivity contribution in [1.82, 2.24) is 15.3 Å². The molecular formula is C19H24N4O2. The molecule has 3 rings (SSSR count). The monoisotopic (exact) mass is 340 g/mol. The summed E-state index contributed by atoms with van der Waals surface area (Å²) in [5.74, 6) is 0.842. The normalized spacial score (nSPS) is 16.6. The lowest BCUT2D eigenvalue weighted by molar-refractivity contribution is -0.130. The van der Waals surface area contributed by atoms with Crippen molar-refractivity contribution >= 4 is 11.7 Å². The van der Waals surface area contributed by atoms with Gasteiger partial charge in [0.15, 0.2) is 0 Å². The third-order valence-electron chi connectivity index (χ3n) is 4.33. The number of amides is 1. The van der Waals surface area contributed by atoms with Crippen LogP contribution in [0.4, 0.5) is 5.82 Å². The van der Waals surface area contributed by atoms with Crippen LogP contribution < -0.4 is 10.2 Å². The number of aromatic nitrogens is 2. The van der Waals surface area contributed by atoms with E-state index < -0.39 is 0 Å². The molecule has 0 radical (unpaired) electrons. The van der Waals surface area contributed by atoms with E-state index in [4.69, 9.17) is 4.74 Å². The Labute approximate surface area is 148 Å². The lowest BCUT2D eigenvalue weighted by atomic mass is 10.2. The van der Waals surface area contributed by atoms with Crippen LogP contribution in [0.15, 0.2) is 42.7 Å². The summed E-state index contributed by atoms with van der Waals surface area (Å²) in [5, 5.41) is 2.97. The molecule has 6 nitrogen and oxygen atoms in total. The van der Waals surface area contributed by atoms with Gasteiger partial charge in [0.2, 0.25) is 5.91 Å². The number of pyridine rings is 2. The molecule has 1 fully saturated rings. The van der Waals surface area contributed by atoms with E-state index in [1.165, 1.54) is 0 Å². The Morgan fingerprint density at radius 1 is 1.28 bits per heavy atom. The lowest BCUT2D eigenvalue weighted by Crippen LogP contribution is -2.34. The first kappa shape index (κ1) is 17.4. The fourth-order valence-corrected chi connectivity index (χ4v) is 2.93. The van der Waals surface area contributed by atoms with Gasteiger partial charge >= 0.3 is 0 Å². The molecule has 1 unspecified atom stereocenters. The van der Waals surface area contributed by atoms with Gasteiger partial charge in [-0.3, -0.25) is 9.78 Å². The number of rotatable bonds is 7. The van der Waals surface area contributed by atoms with Gasteiger partial charge in [-0.1, -0.05) is 12.1 Å². The van der Waals surface area contributed by atoms with Crippen molar-refractivity contribution in [2.45, 2.75) is 31.9 Å². The van der Waals surface area contributed by atoms with Crippen LogP contribution >= 0.6 is 0 Å². The van der Waals surface area contributed by atoms with Crippen molar-refractivity contribution in [3.05, 3.63) is 54.0 Å². The zero-order valence-electron chi connectivity index (χ0n) is 14.5. The molecule has 25 heavy (non-hydrogen) atoms. The van der Waals surface area contributed by atoms with E-state index in [1.54, 1.807) is 6.20 Å². The quantitative estimate of drug-likeness (QED) is 0.834. The summed E-state index contributed by atoms with van der Waals surface area (Å²) in [5.41, 5.74) is 2.05. The van der Waals surface area contributed by atoms with Crippen molar-refractivity contribution in [2.75, 3.05) is 25.1 Å². The topological polar surface area (TPSA) is 67.4 Å². The van der Waals surface area contributed by atoms with Crippen LogP contribution in [-0.4, -0.2) is 42.2 Å². The molecule has 1 aliphatic rings. The summed E-state index contributed by atoms with van der Waals surface area (Å²) in [6.07, 6.45) is 5.87. The number of ether oxygens (including phenoxy) is 1. The molecule has 0 bridgehead atoms. The molecule has 1 saturated heterocycles. The van der Waals surface area contributed by atoms with E-state index in [0.717, 1.165) is 42.9 Å². The Kier molecular flexibility index (Phi) is 5.95. The molecule has 0 aliphatic carbocycles. The summed E-state index contributed by atoms with van der Waals surface area (Å²) in [6, 6.07) is 9.82. The zero-order chi connectivity index (χ0) is 17.5. The summed E-state index contributed by atoms with van der Waals surface area (Å²) in [6.45, 7) is 1.93. The largest absolute Gasteiger partial charge is 0.368 e.